The van der Waals surface area contributed by atoms with Crippen molar-refractivity contribution < 1.29 is 19.1 Å². The van der Waals surface area contributed by atoms with Crippen LogP contribution in [0.2, 0.25) is 0 Å². The topological polar surface area (TPSA) is 84.5 Å². The number of urea groups is 1. The van der Waals surface area contributed by atoms with Gasteiger partial charge in [0.25, 0.3) is 5.91 Å². The van der Waals surface area contributed by atoms with Crippen LogP contribution in [-0.2, 0) is 14.3 Å². The summed E-state index contributed by atoms with van der Waals surface area (Å²) in [5.74, 6) is -1.03. The number of esters is 1. The van der Waals surface area contributed by atoms with Gasteiger partial charge in [-0.05, 0) is 26.7 Å². The van der Waals surface area contributed by atoms with Crippen LogP contribution in [0, 0.1) is 5.92 Å². The maximum Gasteiger partial charge on any atom is 0.321 e. The van der Waals surface area contributed by atoms with E-state index < -0.39 is 18.5 Å². The summed E-state index contributed by atoms with van der Waals surface area (Å²) in [6.45, 7) is 3.15. The zero-order valence-electron chi connectivity index (χ0n) is 10.1. The maximum atomic E-state index is 11.3. The van der Waals surface area contributed by atoms with Crippen LogP contribution in [0.1, 0.15) is 33.1 Å². The largest absolute Gasteiger partial charge is 0.455 e. The molecule has 1 aliphatic rings. The molecule has 96 valence electrons. The number of imide groups is 1. The van der Waals surface area contributed by atoms with Gasteiger partial charge in [0, 0.05) is 6.04 Å². The van der Waals surface area contributed by atoms with Crippen LogP contribution in [-0.4, -0.2) is 30.6 Å². The first kappa shape index (κ1) is 13.5. The first-order valence-corrected chi connectivity index (χ1v) is 5.76. The molecule has 0 spiro atoms. The van der Waals surface area contributed by atoms with Crippen molar-refractivity contribution in [3.8, 4) is 0 Å². The molecule has 0 saturated heterocycles. The quantitative estimate of drug-likeness (QED) is 0.706. The smallest absolute Gasteiger partial charge is 0.321 e. The van der Waals surface area contributed by atoms with E-state index in [1.54, 1.807) is 13.8 Å². The molecule has 1 aliphatic carbocycles. The van der Waals surface area contributed by atoms with E-state index in [1.165, 1.54) is 0 Å². The van der Waals surface area contributed by atoms with Gasteiger partial charge in [-0.15, -0.1) is 0 Å². The van der Waals surface area contributed by atoms with Crippen LogP contribution in [0.4, 0.5) is 4.79 Å². The van der Waals surface area contributed by atoms with Crippen molar-refractivity contribution in [1.82, 2.24) is 10.6 Å². The van der Waals surface area contributed by atoms with Crippen LogP contribution in [0.25, 0.3) is 0 Å². The number of amides is 3. The third kappa shape index (κ3) is 4.84. The molecule has 0 radical (unpaired) electrons. The SMILES string of the molecule is CC(C)NC(=O)NC(=O)COC(=O)C1CCC1. The fourth-order valence-electron chi connectivity index (χ4n) is 1.36. The number of nitrogens with one attached hydrogen (secondary N) is 2. The molecular formula is C11H18N2O4. The van der Waals surface area contributed by atoms with Crippen LogP contribution in [0.3, 0.4) is 0 Å². The second-order valence-corrected chi connectivity index (χ2v) is 4.41. The number of ether oxygens (including phenoxy) is 1. The molecule has 17 heavy (non-hydrogen) atoms. The molecule has 1 saturated carbocycles. The summed E-state index contributed by atoms with van der Waals surface area (Å²) in [6.07, 6.45) is 2.69. The lowest BCUT2D eigenvalue weighted by Crippen LogP contribution is -2.44. The number of carbonyl (C=O) groups is 3. The van der Waals surface area contributed by atoms with Crippen molar-refractivity contribution >= 4 is 17.9 Å². The summed E-state index contributed by atoms with van der Waals surface area (Å²) in [5, 5.41) is 4.57. The molecule has 0 unspecified atom stereocenters. The fraction of sp³-hybridized carbons (Fsp3) is 0.727. The Bertz CT molecular complexity index is 311. The first-order valence-electron chi connectivity index (χ1n) is 5.76. The Morgan fingerprint density at radius 2 is 1.94 bits per heavy atom. The highest BCUT2D eigenvalue weighted by molar-refractivity contribution is 5.95. The van der Waals surface area contributed by atoms with E-state index in [9.17, 15) is 14.4 Å². The van der Waals surface area contributed by atoms with E-state index >= 15 is 0 Å². The van der Waals surface area contributed by atoms with E-state index in [1.807, 2.05) is 0 Å². The van der Waals surface area contributed by atoms with Gasteiger partial charge in [0.15, 0.2) is 6.61 Å². The first-order chi connectivity index (χ1) is 7.99. The number of rotatable bonds is 4. The van der Waals surface area contributed by atoms with Gasteiger partial charge >= 0.3 is 12.0 Å². The Labute approximate surface area is 100 Å². The molecular weight excluding hydrogens is 224 g/mol. The van der Waals surface area contributed by atoms with Crippen molar-refractivity contribution in [2.45, 2.75) is 39.2 Å². The Morgan fingerprint density at radius 1 is 1.29 bits per heavy atom. The predicted molar refractivity (Wildman–Crippen MR) is 60.1 cm³/mol. The Morgan fingerprint density at radius 3 is 2.41 bits per heavy atom. The lowest BCUT2D eigenvalue weighted by atomic mass is 9.86. The van der Waals surface area contributed by atoms with E-state index in [-0.39, 0.29) is 17.9 Å². The molecule has 0 aliphatic heterocycles. The zero-order chi connectivity index (χ0) is 12.8. The molecule has 1 rings (SSSR count). The molecule has 2 N–H and O–H groups in total. The Hall–Kier alpha value is -1.59. The fourth-order valence-corrected chi connectivity index (χ4v) is 1.36. The summed E-state index contributed by atoms with van der Waals surface area (Å²) < 4.78 is 4.78. The van der Waals surface area contributed by atoms with Crippen molar-refractivity contribution in [2.75, 3.05) is 6.61 Å². The van der Waals surface area contributed by atoms with Gasteiger partial charge in [0.05, 0.1) is 5.92 Å². The Kier molecular flexibility index (Phi) is 4.93. The molecule has 3 amide bonds. The van der Waals surface area contributed by atoms with E-state index in [0.29, 0.717) is 0 Å². The van der Waals surface area contributed by atoms with Crippen LogP contribution in [0.15, 0.2) is 0 Å². The van der Waals surface area contributed by atoms with Gasteiger partial charge in [-0.2, -0.15) is 0 Å². The zero-order valence-corrected chi connectivity index (χ0v) is 10.1. The summed E-state index contributed by atoms with van der Waals surface area (Å²) in [4.78, 5) is 33.6. The summed E-state index contributed by atoms with van der Waals surface area (Å²) >= 11 is 0. The van der Waals surface area contributed by atoms with E-state index in [2.05, 4.69) is 10.6 Å². The number of hydrogen-bond donors (Lipinski definition) is 2. The predicted octanol–water partition coefficient (Wildman–Crippen LogP) is 0.564. The van der Waals surface area contributed by atoms with Gasteiger partial charge in [0.2, 0.25) is 0 Å². The van der Waals surface area contributed by atoms with Crippen LogP contribution >= 0.6 is 0 Å². The van der Waals surface area contributed by atoms with Crippen molar-refractivity contribution in [2.24, 2.45) is 5.92 Å². The minimum absolute atomic E-state index is 0.0553. The summed E-state index contributed by atoms with van der Waals surface area (Å²) in [7, 11) is 0. The monoisotopic (exact) mass is 242 g/mol. The van der Waals surface area contributed by atoms with Crippen molar-refractivity contribution in [3.05, 3.63) is 0 Å². The average Bonchev–Trinajstić information content (AvgIpc) is 2.10. The average molecular weight is 242 g/mol. The second kappa shape index (κ2) is 6.22. The van der Waals surface area contributed by atoms with E-state index in [0.717, 1.165) is 19.3 Å². The van der Waals surface area contributed by atoms with E-state index in [4.69, 9.17) is 4.74 Å². The minimum Gasteiger partial charge on any atom is -0.455 e. The molecule has 6 nitrogen and oxygen atoms in total. The highest BCUT2D eigenvalue weighted by atomic mass is 16.5. The van der Waals surface area contributed by atoms with Crippen LogP contribution < -0.4 is 10.6 Å². The number of carbonyl (C=O) groups excluding carboxylic acids is 3. The highest BCUT2D eigenvalue weighted by Gasteiger charge is 2.27. The van der Waals surface area contributed by atoms with Crippen molar-refractivity contribution in [1.29, 1.82) is 0 Å². The molecule has 6 heteroatoms. The van der Waals surface area contributed by atoms with Crippen LogP contribution in [0.5, 0.6) is 0 Å². The summed E-state index contributed by atoms with van der Waals surface area (Å²) in [5.41, 5.74) is 0. The normalized spacial score (nSPS) is 15.0. The second-order valence-electron chi connectivity index (χ2n) is 4.41. The highest BCUT2D eigenvalue weighted by Crippen LogP contribution is 2.27. The molecule has 0 heterocycles. The minimum atomic E-state index is -0.615. The lowest BCUT2D eigenvalue weighted by Gasteiger charge is -2.22. The third-order valence-corrected chi connectivity index (χ3v) is 2.46. The lowest BCUT2D eigenvalue weighted by molar-refractivity contribution is -0.154. The maximum absolute atomic E-state index is 11.3. The molecule has 0 aromatic rings. The van der Waals surface area contributed by atoms with Gasteiger partial charge in [-0.1, -0.05) is 6.42 Å². The molecule has 0 bridgehead atoms. The molecule has 1 fully saturated rings. The molecule has 0 atom stereocenters. The Balaban J connectivity index is 2.16. The number of hydrogen-bond acceptors (Lipinski definition) is 4. The van der Waals surface area contributed by atoms with Gasteiger partial charge < -0.3 is 10.1 Å². The third-order valence-electron chi connectivity index (χ3n) is 2.46. The van der Waals surface area contributed by atoms with Crippen molar-refractivity contribution in [3.63, 3.8) is 0 Å². The van der Waals surface area contributed by atoms with Gasteiger partial charge in [0.1, 0.15) is 0 Å². The summed E-state index contributed by atoms with van der Waals surface area (Å²) in [6, 6.07) is -0.634. The molecule has 0 aromatic carbocycles. The van der Waals surface area contributed by atoms with Gasteiger partial charge in [-0.25, -0.2) is 4.79 Å². The molecule has 0 aromatic heterocycles. The standard InChI is InChI=1S/C11H18N2O4/c1-7(2)12-11(16)13-9(14)6-17-10(15)8-4-3-5-8/h7-8H,3-6H2,1-2H3,(H2,12,13,14,16). The van der Waals surface area contributed by atoms with Gasteiger partial charge in [-0.3, -0.25) is 14.9 Å².